The number of hydrogen-bond acceptors (Lipinski definition) is 9. The van der Waals surface area contributed by atoms with E-state index >= 15 is 0 Å². The molecule has 0 radical (unpaired) electrons. The molecular formula is C37H40F2N8O4. The standard InChI is InChI=1S/C37H40F2N8O4/c1-3-35(26(2)48)47-36(49)46(25-42-47)31-7-5-29(6-8-31)43-14-16-44(17-15-43)30-9-11-32(12-10-30)50-20-27-19-37(51-21-27,22-45-24-40-23-41-45)33-13-4-28(38)18-34(33)39/h4-13,18,23-25,27,35H,3,14-17,19-22H2,1-2H3/t27-,35+,37+/m1/s1. The molecule has 4 heterocycles. The molecule has 3 atom stereocenters. The summed E-state index contributed by atoms with van der Waals surface area (Å²) >= 11 is 0. The SMILES string of the molecule is CC[C@@H](C(C)=O)n1ncn(-c2ccc(N3CCN(c4ccc(OC[C@@H]5CO[C@@](Cn6cncn6)(c6ccc(F)cc6F)C5)cc4)CC3)cc2)c1=O. The molecular weight excluding hydrogens is 658 g/mol. The van der Waals surface area contributed by atoms with E-state index in [1.165, 1.54) is 41.0 Å². The van der Waals surface area contributed by atoms with Crippen LogP contribution < -0.4 is 20.2 Å². The maximum absolute atomic E-state index is 15.0. The number of anilines is 2. The average molecular weight is 699 g/mol. The number of halogens is 2. The lowest BCUT2D eigenvalue weighted by atomic mass is 9.87. The molecule has 0 saturated carbocycles. The Hall–Kier alpha value is -5.37. The van der Waals surface area contributed by atoms with Gasteiger partial charge in [0.25, 0.3) is 0 Å². The molecule has 12 nitrogen and oxygen atoms in total. The summed E-state index contributed by atoms with van der Waals surface area (Å²) in [5, 5.41) is 8.37. The molecule has 7 rings (SSSR count). The van der Waals surface area contributed by atoms with Gasteiger partial charge in [-0.2, -0.15) is 10.2 Å². The van der Waals surface area contributed by atoms with E-state index in [1.807, 2.05) is 43.3 Å². The van der Waals surface area contributed by atoms with Crippen molar-refractivity contribution in [3.63, 3.8) is 0 Å². The van der Waals surface area contributed by atoms with Crippen molar-refractivity contribution < 1.29 is 23.0 Å². The van der Waals surface area contributed by atoms with Crippen molar-refractivity contribution in [2.45, 2.75) is 44.9 Å². The van der Waals surface area contributed by atoms with Crippen molar-refractivity contribution in [3.8, 4) is 11.4 Å². The number of ketones is 1. The fourth-order valence-corrected chi connectivity index (χ4v) is 7.14. The number of piperazine rings is 1. The lowest BCUT2D eigenvalue weighted by Crippen LogP contribution is -2.46. The van der Waals surface area contributed by atoms with E-state index in [2.05, 4.69) is 37.1 Å². The van der Waals surface area contributed by atoms with Crippen molar-refractivity contribution >= 4 is 17.2 Å². The maximum Gasteiger partial charge on any atom is 0.351 e. The van der Waals surface area contributed by atoms with Crippen LogP contribution in [0.1, 0.15) is 38.3 Å². The summed E-state index contributed by atoms with van der Waals surface area (Å²) in [5.74, 6) is -0.666. The molecule has 0 spiro atoms. The molecule has 0 unspecified atom stereocenters. The van der Waals surface area contributed by atoms with Gasteiger partial charge in [-0.05, 0) is 74.4 Å². The minimum atomic E-state index is -1.02. The Morgan fingerprint density at radius 1 is 0.941 bits per heavy atom. The molecule has 2 fully saturated rings. The Bertz CT molecular complexity index is 2010. The molecule has 0 N–H and O–H groups in total. The Balaban J connectivity index is 0.925. The molecule has 14 heteroatoms. The summed E-state index contributed by atoms with van der Waals surface area (Å²) < 4.78 is 45.4. The Morgan fingerprint density at radius 3 is 2.22 bits per heavy atom. The predicted octanol–water partition coefficient (Wildman–Crippen LogP) is 4.78. The van der Waals surface area contributed by atoms with Gasteiger partial charge in [0, 0.05) is 55.1 Å². The molecule has 266 valence electrons. The fourth-order valence-electron chi connectivity index (χ4n) is 7.14. The van der Waals surface area contributed by atoms with Crippen LogP contribution in [0.2, 0.25) is 0 Å². The average Bonchev–Trinajstić information content (AvgIpc) is 3.90. The highest BCUT2D eigenvalue weighted by Crippen LogP contribution is 2.42. The molecule has 0 amide bonds. The van der Waals surface area contributed by atoms with Gasteiger partial charge in [0.2, 0.25) is 0 Å². The van der Waals surface area contributed by atoms with Crippen LogP contribution in [0.4, 0.5) is 20.2 Å². The van der Waals surface area contributed by atoms with E-state index in [0.717, 1.165) is 49.4 Å². The van der Waals surface area contributed by atoms with E-state index in [4.69, 9.17) is 9.47 Å². The van der Waals surface area contributed by atoms with Crippen LogP contribution in [-0.4, -0.2) is 74.3 Å². The first-order chi connectivity index (χ1) is 24.7. The zero-order valence-electron chi connectivity index (χ0n) is 28.6. The van der Waals surface area contributed by atoms with Crippen LogP contribution in [0.15, 0.2) is 90.5 Å². The second-order valence-corrected chi connectivity index (χ2v) is 13.2. The van der Waals surface area contributed by atoms with E-state index in [9.17, 15) is 18.4 Å². The minimum Gasteiger partial charge on any atom is -0.493 e. The van der Waals surface area contributed by atoms with Crippen molar-refractivity contribution in [3.05, 3.63) is 113 Å². The molecule has 2 saturated heterocycles. The first-order valence-electron chi connectivity index (χ1n) is 17.1. The van der Waals surface area contributed by atoms with Crippen molar-refractivity contribution in [1.82, 2.24) is 29.1 Å². The number of benzene rings is 3. The Kier molecular flexibility index (Phi) is 9.67. The van der Waals surface area contributed by atoms with E-state index in [1.54, 1.807) is 11.0 Å². The van der Waals surface area contributed by atoms with Gasteiger partial charge in [-0.25, -0.2) is 32.5 Å². The van der Waals surface area contributed by atoms with Gasteiger partial charge >= 0.3 is 5.69 Å². The summed E-state index contributed by atoms with van der Waals surface area (Å²) in [6.45, 7) is 7.67. The lowest BCUT2D eigenvalue weighted by Gasteiger charge is -2.37. The van der Waals surface area contributed by atoms with Gasteiger partial charge in [0.1, 0.15) is 48.0 Å². The highest BCUT2D eigenvalue weighted by molar-refractivity contribution is 5.79. The van der Waals surface area contributed by atoms with Crippen LogP contribution in [-0.2, 0) is 21.7 Å². The van der Waals surface area contributed by atoms with Crippen molar-refractivity contribution in [2.24, 2.45) is 5.92 Å². The third-order valence-electron chi connectivity index (χ3n) is 9.82. The van der Waals surface area contributed by atoms with E-state index in [-0.39, 0.29) is 23.9 Å². The van der Waals surface area contributed by atoms with Gasteiger partial charge < -0.3 is 19.3 Å². The third kappa shape index (κ3) is 7.13. The van der Waals surface area contributed by atoms with Crippen molar-refractivity contribution in [2.75, 3.05) is 49.2 Å². The van der Waals surface area contributed by atoms with Crippen LogP contribution in [0.5, 0.6) is 5.75 Å². The number of hydrogen-bond donors (Lipinski definition) is 0. The maximum atomic E-state index is 15.0. The second kappa shape index (κ2) is 14.5. The summed E-state index contributed by atoms with van der Waals surface area (Å²) in [4.78, 5) is 33.5. The number of nitrogens with zero attached hydrogens (tertiary/aromatic N) is 8. The quantitative estimate of drug-likeness (QED) is 0.182. The van der Waals surface area contributed by atoms with Crippen LogP contribution in [0.3, 0.4) is 0 Å². The van der Waals surface area contributed by atoms with Gasteiger partial charge in [-0.1, -0.05) is 13.0 Å². The largest absolute Gasteiger partial charge is 0.493 e. The molecule has 2 aliphatic rings. The number of carbonyl (C=O) groups is 1. The zero-order chi connectivity index (χ0) is 35.5. The summed E-state index contributed by atoms with van der Waals surface area (Å²) in [7, 11) is 0. The number of ether oxygens (including phenoxy) is 2. The zero-order valence-corrected chi connectivity index (χ0v) is 28.6. The Labute approximate surface area is 293 Å². The number of Topliss-reactive ketones (excluding diaryl/α,β-unsaturated/α-hetero) is 1. The monoisotopic (exact) mass is 698 g/mol. The van der Waals surface area contributed by atoms with Crippen LogP contribution in [0, 0.1) is 17.6 Å². The number of aromatic nitrogens is 6. The Morgan fingerprint density at radius 2 is 1.61 bits per heavy atom. The fraction of sp³-hybridized carbons (Fsp3) is 0.378. The van der Waals surface area contributed by atoms with Gasteiger partial charge in [-0.15, -0.1) is 0 Å². The highest BCUT2D eigenvalue weighted by Gasteiger charge is 2.44. The van der Waals surface area contributed by atoms with Gasteiger partial charge in [0.05, 0.1) is 25.4 Å². The van der Waals surface area contributed by atoms with Gasteiger partial charge in [-0.3, -0.25) is 4.79 Å². The lowest BCUT2D eigenvalue weighted by molar-refractivity contribution is -0.120. The number of rotatable bonds is 12. The molecule has 5 aromatic rings. The first-order valence-corrected chi connectivity index (χ1v) is 17.1. The normalized spacial score (nSPS) is 19.7. The first kappa shape index (κ1) is 34.1. The smallest absolute Gasteiger partial charge is 0.351 e. The molecule has 51 heavy (non-hydrogen) atoms. The number of carbonyl (C=O) groups excluding carboxylic acids is 1. The molecule has 3 aromatic carbocycles. The highest BCUT2D eigenvalue weighted by atomic mass is 19.1. The topological polar surface area (TPSA) is 113 Å². The van der Waals surface area contributed by atoms with Crippen LogP contribution in [0.25, 0.3) is 5.69 Å². The molecule has 0 aliphatic carbocycles. The summed E-state index contributed by atoms with van der Waals surface area (Å²) in [6.07, 6.45) is 5.41. The van der Waals surface area contributed by atoms with Crippen LogP contribution >= 0.6 is 0 Å². The second-order valence-electron chi connectivity index (χ2n) is 13.2. The summed E-state index contributed by atoms with van der Waals surface area (Å²) in [5.41, 5.74) is 1.81. The van der Waals surface area contributed by atoms with E-state index in [0.29, 0.717) is 37.3 Å². The van der Waals surface area contributed by atoms with Gasteiger partial charge in [0.15, 0.2) is 5.78 Å². The molecule has 2 aromatic heterocycles. The third-order valence-corrected chi connectivity index (χ3v) is 9.82. The summed E-state index contributed by atoms with van der Waals surface area (Å²) in [6, 6.07) is 18.9. The minimum absolute atomic E-state index is 0.0152. The molecule has 2 aliphatic heterocycles. The van der Waals surface area contributed by atoms with Crippen molar-refractivity contribution in [1.29, 1.82) is 0 Å². The predicted molar refractivity (Wildman–Crippen MR) is 186 cm³/mol. The van der Waals surface area contributed by atoms with E-state index < -0.39 is 23.3 Å². The molecule has 0 bridgehead atoms.